The number of carboxylic acid groups (broad SMARTS) is 1. The van der Waals surface area contributed by atoms with E-state index in [9.17, 15) is 19.1 Å². The number of esters is 1. The van der Waals surface area contributed by atoms with E-state index in [1.165, 1.54) is 0 Å². The Bertz CT molecular complexity index is 761. The molecule has 2 rings (SSSR count). The van der Waals surface area contributed by atoms with Crippen LogP contribution in [0, 0.1) is 6.92 Å². The second-order valence-corrected chi connectivity index (χ2v) is 5.81. The Kier molecular flexibility index (Phi) is 5.07. The fraction of sp³-hybridized carbons (Fsp3) is 0.333. The largest absolute Gasteiger partial charge is 0.507 e. The van der Waals surface area contributed by atoms with Gasteiger partial charge in [0.1, 0.15) is 23.7 Å². The molecule has 0 spiro atoms. The Morgan fingerprint density at radius 2 is 2.08 bits per heavy atom. The van der Waals surface area contributed by atoms with Crippen LogP contribution < -0.4 is 0 Å². The van der Waals surface area contributed by atoms with Crippen LogP contribution in [0.1, 0.15) is 52.4 Å². The highest BCUT2D eigenvalue weighted by Crippen LogP contribution is 2.40. The quantitative estimate of drug-likeness (QED) is 0.612. The SMILES string of the molecule is C=C(F)c1c(C)c2c(c(O)c1CC=C(C)CCC(=O)O)C(=O)OC2. The molecular formula is C18H19FO5. The van der Waals surface area contributed by atoms with Gasteiger partial charge in [0.15, 0.2) is 0 Å². The van der Waals surface area contributed by atoms with Crippen LogP contribution >= 0.6 is 0 Å². The van der Waals surface area contributed by atoms with Crippen LogP contribution in [0.4, 0.5) is 4.39 Å². The number of fused-ring (bicyclic) bond motifs is 1. The fourth-order valence-corrected chi connectivity index (χ4v) is 2.84. The summed E-state index contributed by atoms with van der Waals surface area (Å²) in [4.78, 5) is 22.4. The van der Waals surface area contributed by atoms with E-state index in [0.717, 1.165) is 5.57 Å². The van der Waals surface area contributed by atoms with Crippen LogP contribution in [-0.4, -0.2) is 22.2 Å². The predicted molar refractivity (Wildman–Crippen MR) is 86.4 cm³/mol. The summed E-state index contributed by atoms with van der Waals surface area (Å²) < 4.78 is 18.9. The number of halogens is 1. The predicted octanol–water partition coefficient (Wildman–Crippen LogP) is 3.66. The highest BCUT2D eigenvalue weighted by atomic mass is 19.1. The zero-order valence-electron chi connectivity index (χ0n) is 13.6. The molecule has 1 aliphatic rings. The van der Waals surface area contributed by atoms with E-state index in [1.54, 1.807) is 19.9 Å². The van der Waals surface area contributed by atoms with Crippen molar-refractivity contribution in [1.29, 1.82) is 0 Å². The van der Waals surface area contributed by atoms with E-state index >= 15 is 0 Å². The molecule has 0 aliphatic carbocycles. The Labute approximate surface area is 139 Å². The van der Waals surface area contributed by atoms with Crippen molar-refractivity contribution in [1.82, 2.24) is 0 Å². The summed E-state index contributed by atoms with van der Waals surface area (Å²) in [6.45, 7) is 6.74. The summed E-state index contributed by atoms with van der Waals surface area (Å²) in [6.07, 6.45) is 2.23. The number of aromatic hydroxyl groups is 1. The monoisotopic (exact) mass is 334 g/mol. The zero-order chi connectivity index (χ0) is 18.0. The number of carboxylic acids is 1. The summed E-state index contributed by atoms with van der Waals surface area (Å²) in [5.41, 5.74) is 2.30. The molecule has 1 aromatic rings. The third kappa shape index (κ3) is 3.32. The van der Waals surface area contributed by atoms with Crippen LogP contribution in [0.3, 0.4) is 0 Å². The third-order valence-electron chi connectivity index (χ3n) is 4.16. The van der Waals surface area contributed by atoms with Crippen molar-refractivity contribution in [3.63, 3.8) is 0 Å². The summed E-state index contributed by atoms with van der Waals surface area (Å²) in [6, 6.07) is 0. The van der Waals surface area contributed by atoms with Crippen LogP contribution in [-0.2, 0) is 22.6 Å². The molecule has 0 saturated carbocycles. The Hall–Kier alpha value is -2.63. The maximum atomic E-state index is 13.9. The van der Waals surface area contributed by atoms with Gasteiger partial charge in [-0.2, -0.15) is 0 Å². The van der Waals surface area contributed by atoms with Gasteiger partial charge in [0.2, 0.25) is 0 Å². The van der Waals surface area contributed by atoms with Gasteiger partial charge in [0.25, 0.3) is 0 Å². The molecule has 24 heavy (non-hydrogen) atoms. The van der Waals surface area contributed by atoms with Gasteiger partial charge in [0.05, 0.1) is 0 Å². The number of carbonyl (C=O) groups excluding carboxylic acids is 1. The first kappa shape index (κ1) is 17.7. The molecule has 0 atom stereocenters. The molecule has 2 N–H and O–H groups in total. The molecular weight excluding hydrogens is 315 g/mol. The number of phenols is 1. The summed E-state index contributed by atoms with van der Waals surface area (Å²) in [5, 5.41) is 19.1. The van der Waals surface area contributed by atoms with Gasteiger partial charge in [-0.3, -0.25) is 4.79 Å². The van der Waals surface area contributed by atoms with Crippen LogP contribution in [0.2, 0.25) is 0 Å². The molecule has 1 aliphatic heterocycles. The van der Waals surface area contributed by atoms with Crippen LogP contribution in [0.25, 0.3) is 5.83 Å². The zero-order valence-corrected chi connectivity index (χ0v) is 13.6. The number of rotatable bonds is 6. The lowest BCUT2D eigenvalue weighted by molar-refractivity contribution is -0.136. The fourth-order valence-electron chi connectivity index (χ4n) is 2.84. The number of benzene rings is 1. The number of carbonyl (C=O) groups is 2. The Balaban J connectivity index is 2.46. The number of cyclic esters (lactones) is 1. The van der Waals surface area contributed by atoms with Gasteiger partial charge in [-0.15, -0.1) is 0 Å². The highest BCUT2D eigenvalue weighted by Gasteiger charge is 2.32. The van der Waals surface area contributed by atoms with Crippen molar-refractivity contribution in [2.45, 2.75) is 39.7 Å². The number of hydrogen-bond donors (Lipinski definition) is 2. The van der Waals surface area contributed by atoms with Crippen molar-refractivity contribution in [2.75, 3.05) is 0 Å². The summed E-state index contributed by atoms with van der Waals surface area (Å²) in [7, 11) is 0. The van der Waals surface area contributed by atoms with Crippen LogP contribution in [0.15, 0.2) is 18.2 Å². The third-order valence-corrected chi connectivity index (χ3v) is 4.16. The van der Waals surface area contributed by atoms with Gasteiger partial charge < -0.3 is 14.9 Å². The molecule has 128 valence electrons. The van der Waals surface area contributed by atoms with Crippen molar-refractivity contribution in [2.24, 2.45) is 0 Å². The van der Waals surface area contributed by atoms with Crippen LogP contribution in [0.5, 0.6) is 5.75 Å². The minimum Gasteiger partial charge on any atom is -0.507 e. The lowest BCUT2D eigenvalue weighted by Gasteiger charge is -2.15. The number of hydrogen-bond acceptors (Lipinski definition) is 4. The van der Waals surface area contributed by atoms with E-state index in [4.69, 9.17) is 9.84 Å². The molecule has 0 radical (unpaired) electrons. The van der Waals surface area contributed by atoms with Gasteiger partial charge in [-0.1, -0.05) is 18.2 Å². The van der Waals surface area contributed by atoms with Crippen molar-refractivity contribution < 1.29 is 28.9 Å². The van der Waals surface area contributed by atoms with Crippen molar-refractivity contribution >= 4 is 17.8 Å². The lowest BCUT2D eigenvalue weighted by Crippen LogP contribution is -2.04. The minimum absolute atomic E-state index is 0.00159. The van der Waals surface area contributed by atoms with Crippen molar-refractivity contribution in [3.8, 4) is 5.75 Å². The average Bonchev–Trinajstić information content (AvgIpc) is 2.89. The first-order valence-corrected chi connectivity index (χ1v) is 7.50. The molecule has 1 aromatic carbocycles. The maximum Gasteiger partial charge on any atom is 0.342 e. The smallest absolute Gasteiger partial charge is 0.342 e. The number of aliphatic carboxylic acids is 1. The standard InChI is InChI=1S/C18H19FO5/c1-9(5-7-14(20)21)4-6-12-15(11(3)19)10(2)13-8-24-18(23)16(13)17(12)22/h4,22H,3,5-8H2,1-2H3,(H,20,21). The Morgan fingerprint density at radius 1 is 1.42 bits per heavy atom. The molecule has 6 heteroatoms. The minimum atomic E-state index is -0.903. The number of allylic oxidation sites excluding steroid dienone is 2. The van der Waals surface area contributed by atoms with Gasteiger partial charge >= 0.3 is 11.9 Å². The molecule has 5 nitrogen and oxygen atoms in total. The molecule has 0 fully saturated rings. The molecule has 0 aromatic heterocycles. The lowest BCUT2D eigenvalue weighted by atomic mass is 9.89. The van der Waals surface area contributed by atoms with Crippen molar-refractivity contribution in [3.05, 3.63) is 46.0 Å². The van der Waals surface area contributed by atoms with E-state index in [0.29, 0.717) is 17.5 Å². The number of ether oxygens (including phenoxy) is 1. The molecule has 0 saturated heterocycles. The van der Waals surface area contributed by atoms with E-state index < -0.39 is 17.8 Å². The Morgan fingerprint density at radius 3 is 2.67 bits per heavy atom. The second-order valence-electron chi connectivity index (χ2n) is 5.81. The first-order chi connectivity index (χ1) is 11.2. The maximum absolute atomic E-state index is 13.9. The van der Waals surface area contributed by atoms with Gasteiger partial charge in [0, 0.05) is 23.1 Å². The highest BCUT2D eigenvalue weighted by molar-refractivity contribution is 5.98. The molecule has 0 bridgehead atoms. The van der Waals surface area contributed by atoms with Gasteiger partial charge in [-0.25, -0.2) is 9.18 Å². The number of phenolic OH excluding ortho intramolecular Hbond substituents is 1. The average molecular weight is 334 g/mol. The van der Waals surface area contributed by atoms with Gasteiger partial charge in [-0.05, 0) is 32.3 Å². The molecule has 1 heterocycles. The summed E-state index contributed by atoms with van der Waals surface area (Å²) >= 11 is 0. The first-order valence-electron chi connectivity index (χ1n) is 7.50. The van der Waals surface area contributed by atoms with E-state index in [1.807, 2.05) is 0 Å². The normalized spacial score (nSPS) is 13.6. The summed E-state index contributed by atoms with van der Waals surface area (Å²) in [5.74, 6) is -2.53. The molecule has 0 amide bonds. The second kappa shape index (κ2) is 6.86. The molecule has 0 unspecified atom stereocenters. The van der Waals surface area contributed by atoms with E-state index in [2.05, 4.69) is 6.58 Å². The topological polar surface area (TPSA) is 83.8 Å². The van der Waals surface area contributed by atoms with E-state index in [-0.39, 0.29) is 41.9 Å².